The van der Waals surface area contributed by atoms with Crippen LogP contribution in [0.2, 0.25) is 5.02 Å². The molecule has 160 valence electrons. The van der Waals surface area contributed by atoms with Gasteiger partial charge in [0, 0.05) is 16.3 Å². The second-order valence-electron chi connectivity index (χ2n) is 8.61. The summed E-state index contributed by atoms with van der Waals surface area (Å²) in [7, 11) is 0. The van der Waals surface area contributed by atoms with Crippen LogP contribution in [0.5, 0.6) is 0 Å². The summed E-state index contributed by atoms with van der Waals surface area (Å²) in [4.78, 5) is 15.3. The maximum Gasteiger partial charge on any atom is 0.262 e. The van der Waals surface area contributed by atoms with E-state index in [2.05, 4.69) is 24.3 Å². The Bertz CT molecular complexity index is 1150. The van der Waals surface area contributed by atoms with Crippen molar-refractivity contribution in [2.75, 3.05) is 4.90 Å². The minimum absolute atomic E-state index is 0.00998. The van der Waals surface area contributed by atoms with Crippen LogP contribution in [0.25, 0.3) is 11.8 Å². The molecular formula is C29H26ClNO. The van der Waals surface area contributed by atoms with E-state index in [0.29, 0.717) is 16.5 Å². The maximum atomic E-state index is 13.5. The Kier molecular flexibility index (Phi) is 5.96. The molecule has 1 aliphatic carbocycles. The highest BCUT2D eigenvalue weighted by molar-refractivity contribution is 6.30. The summed E-state index contributed by atoms with van der Waals surface area (Å²) in [6.45, 7) is 0. The monoisotopic (exact) mass is 439 g/mol. The van der Waals surface area contributed by atoms with Crippen LogP contribution in [0.4, 0.5) is 5.69 Å². The highest BCUT2D eigenvalue weighted by atomic mass is 35.5. The van der Waals surface area contributed by atoms with Crippen molar-refractivity contribution in [2.24, 2.45) is 0 Å². The minimum atomic E-state index is -0.00998. The molecule has 1 amide bonds. The van der Waals surface area contributed by atoms with Crippen molar-refractivity contribution in [3.05, 3.63) is 112 Å². The van der Waals surface area contributed by atoms with Crippen LogP contribution in [0.3, 0.4) is 0 Å². The lowest BCUT2D eigenvalue weighted by Crippen LogP contribution is -2.25. The van der Waals surface area contributed by atoms with Gasteiger partial charge < -0.3 is 0 Å². The van der Waals surface area contributed by atoms with Crippen molar-refractivity contribution < 1.29 is 4.79 Å². The summed E-state index contributed by atoms with van der Waals surface area (Å²) in [6.07, 6.45) is 10.4. The number of hydrogen-bond donors (Lipinski definition) is 0. The first kappa shape index (κ1) is 20.8. The van der Waals surface area contributed by atoms with Gasteiger partial charge in [-0.25, -0.2) is 0 Å². The number of carbonyl (C=O) groups excluding carboxylic acids is 1. The second kappa shape index (κ2) is 9.18. The fraction of sp³-hybridized carbons (Fsp3) is 0.207. The lowest BCUT2D eigenvalue weighted by molar-refractivity contribution is -0.113. The van der Waals surface area contributed by atoms with E-state index in [9.17, 15) is 4.79 Å². The van der Waals surface area contributed by atoms with Crippen LogP contribution in [0, 0.1) is 0 Å². The molecule has 1 aliphatic heterocycles. The zero-order chi connectivity index (χ0) is 21.9. The van der Waals surface area contributed by atoms with Crippen LogP contribution in [-0.4, -0.2) is 5.91 Å². The molecule has 0 unspecified atom stereocenters. The van der Waals surface area contributed by atoms with E-state index in [1.807, 2.05) is 71.6 Å². The van der Waals surface area contributed by atoms with Gasteiger partial charge in [0.25, 0.3) is 5.91 Å². The molecule has 2 aliphatic rings. The average molecular weight is 440 g/mol. The molecule has 2 nitrogen and oxygen atoms in total. The SMILES string of the molecule is O=C1/C(=C/c2ccccc2)C=C(c2ccc(Cl)cc2)N1c1ccc(C2CCCCC2)cc1. The molecule has 0 radical (unpaired) electrons. The Labute approximate surface area is 194 Å². The van der Waals surface area contributed by atoms with E-state index < -0.39 is 0 Å². The number of amides is 1. The molecule has 3 aromatic carbocycles. The fourth-order valence-corrected chi connectivity index (χ4v) is 4.89. The van der Waals surface area contributed by atoms with Gasteiger partial charge in [-0.15, -0.1) is 0 Å². The van der Waals surface area contributed by atoms with E-state index in [0.717, 1.165) is 22.5 Å². The van der Waals surface area contributed by atoms with Gasteiger partial charge in [-0.1, -0.05) is 85.5 Å². The third-order valence-electron chi connectivity index (χ3n) is 6.47. The normalized spacial score (nSPS) is 18.3. The standard InChI is InChI=1S/C29H26ClNO/c30-26-15-11-24(12-16-26)28-20-25(19-21-7-3-1-4-8-21)29(32)31(28)27-17-13-23(14-18-27)22-9-5-2-6-10-22/h1,3-4,7-8,11-20,22H,2,5-6,9-10H2/b25-19+. The molecule has 0 N–H and O–H groups in total. The highest BCUT2D eigenvalue weighted by Gasteiger charge is 2.30. The highest BCUT2D eigenvalue weighted by Crippen LogP contribution is 2.38. The van der Waals surface area contributed by atoms with Crippen molar-refractivity contribution in [3.8, 4) is 0 Å². The zero-order valence-electron chi connectivity index (χ0n) is 18.0. The number of anilines is 1. The van der Waals surface area contributed by atoms with Crippen LogP contribution in [0.1, 0.15) is 54.7 Å². The molecule has 5 rings (SSSR count). The van der Waals surface area contributed by atoms with E-state index in [1.165, 1.54) is 37.7 Å². The Balaban J connectivity index is 1.51. The minimum Gasteiger partial charge on any atom is -0.276 e. The van der Waals surface area contributed by atoms with Gasteiger partial charge in [0.05, 0.1) is 5.70 Å². The first-order valence-corrected chi connectivity index (χ1v) is 11.8. The lowest BCUT2D eigenvalue weighted by atomic mass is 9.84. The van der Waals surface area contributed by atoms with Gasteiger partial charge in [0.2, 0.25) is 0 Å². The zero-order valence-corrected chi connectivity index (χ0v) is 18.8. The van der Waals surface area contributed by atoms with E-state index in [4.69, 9.17) is 11.6 Å². The molecule has 3 aromatic rings. The van der Waals surface area contributed by atoms with Gasteiger partial charge in [0.1, 0.15) is 0 Å². The van der Waals surface area contributed by atoms with E-state index in [1.54, 1.807) is 0 Å². The van der Waals surface area contributed by atoms with Crippen LogP contribution in [-0.2, 0) is 4.79 Å². The van der Waals surface area contributed by atoms with Gasteiger partial charge in [-0.3, -0.25) is 9.69 Å². The number of hydrogen-bond acceptors (Lipinski definition) is 1. The van der Waals surface area contributed by atoms with E-state index in [-0.39, 0.29) is 5.91 Å². The number of carbonyl (C=O) groups is 1. The van der Waals surface area contributed by atoms with E-state index >= 15 is 0 Å². The Hall–Kier alpha value is -3.10. The lowest BCUT2D eigenvalue weighted by Gasteiger charge is -2.24. The fourth-order valence-electron chi connectivity index (χ4n) is 4.77. The van der Waals surface area contributed by atoms with Crippen molar-refractivity contribution in [1.82, 2.24) is 0 Å². The van der Waals surface area contributed by atoms with Gasteiger partial charge in [-0.05, 0) is 71.9 Å². The topological polar surface area (TPSA) is 20.3 Å². The summed E-state index contributed by atoms with van der Waals surface area (Å²) in [5.74, 6) is 0.635. The summed E-state index contributed by atoms with van der Waals surface area (Å²) >= 11 is 6.12. The molecule has 32 heavy (non-hydrogen) atoms. The molecule has 0 aromatic heterocycles. The van der Waals surface area contributed by atoms with Gasteiger partial charge >= 0.3 is 0 Å². The number of rotatable bonds is 4. The molecule has 0 saturated heterocycles. The molecule has 0 bridgehead atoms. The second-order valence-corrected chi connectivity index (χ2v) is 9.05. The van der Waals surface area contributed by atoms with Crippen molar-refractivity contribution >= 4 is 35.0 Å². The van der Waals surface area contributed by atoms with Gasteiger partial charge in [0.15, 0.2) is 0 Å². The average Bonchev–Trinajstić information content (AvgIpc) is 3.16. The quantitative estimate of drug-likeness (QED) is 0.379. The predicted octanol–water partition coefficient (Wildman–Crippen LogP) is 7.86. The summed E-state index contributed by atoms with van der Waals surface area (Å²) < 4.78 is 0. The summed E-state index contributed by atoms with van der Waals surface area (Å²) in [5.41, 5.74) is 5.81. The predicted molar refractivity (Wildman–Crippen MR) is 134 cm³/mol. The maximum absolute atomic E-state index is 13.5. The Morgan fingerprint density at radius 1 is 0.812 bits per heavy atom. The first-order chi connectivity index (χ1) is 15.7. The molecule has 0 atom stereocenters. The van der Waals surface area contributed by atoms with Crippen molar-refractivity contribution in [3.63, 3.8) is 0 Å². The number of nitrogens with zero attached hydrogens (tertiary/aromatic N) is 1. The summed E-state index contributed by atoms with van der Waals surface area (Å²) in [5, 5.41) is 0.683. The van der Waals surface area contributed by atoms with Crippen LogP contribution >= 0.6 is 11.6 Å². The molecular weight excluding hydrogens is 414 g/mol. The molecule has 0 spiro atoms. The van der Waals surface area contributed by atoms with Crippen molar-refractivity contribution in [2.45, 2.75) is 38.0 Å². The number of benzene rings is 3. The summed E-state index contributed by atoms with van der Waals surface area (Å²) in [6, 6.07) is 26.2. The van der Waals surface area contributed by atoms with Crippen LogP contribution in [0.15, 0.2) is 90.5 Å². The Morgan fingerprint density at radius 3 is 2.19 bits per heavy atom. The largest absolute Gasteiger partial charge is 0.276 e. The molecule has 1 fully saturated rings. The number of halogens is 1. The van der Waals surface area contributed by atoms with Gasteiger partial charge in [-0.2, -0.15) is 0 Å². The Morgan fingerprint density at radius 2 is 1.50 bits per heavy atom. The molecule has 1 saturated carbocycles. The third kappa shape index (κ3) is 4.28. The first-order valence-electron chi connectivity index (χ1n) is 11.4. The third-order valence-corrected chi connectivity index (χ3v) is 6.72. The molecule has 3 heteroatoms. The smallest absolute Gasteiger partial charge is 0.262 e. The molecule has 1 heterocycles. The van der Waals surface area contributed by atoms with Crippen molar-refractivity contribution in [1.29, 1.82) is 0 Å². The van der Waals surface area contributed by atoms with Crippen LogP contribution < -0.4 is 4.90 Å².